The van der Waals surface area contributed by atoms with Gasteiger partial charge in [-0.15, -0.1) is 0 Å². The van der Waals surface area contributed by atoms with Crippen LogP contribution in [0.3, 0.4) is 0 Å². The van der Waals surface area contributed by atoms with Crippen molar-refractivity contribution in [2.45, 2.75) is 12.1 Å². The van der Waals surface area contributed by atoms with Gasteiger partial charge in [0.1, 0.15) is 12.1 Å². The Bertz CT molecular complexity index is 199. The molecule has 0 unspecified atom stereocenters. The van der Waals surface area contributed by atoms with Crippen molar-refractivity contribution in [1.29, 1.82) is 0 Å². The average molecular weight is 202 g/mol. The number of hydrogen-bond acceptors (Lipinski definition) is 6. The zero-order valence-corrected chi connectivity index (χ0v) is 8.20. The van der Waals surface area contributed by atoms with Gasteiger partial charge in [0.2, 0.25) is 0 Å². The van der Waals surface area contributed by atoms with Crippen molar-refractivity contribution in [3.8, 4) is 0 Å². The Kier molecular flexibility index (Phi) is 3.84. The van der Waals surface area contributed by atoms with E-state index in [-0.39, 0.29) is 24.0 Å². The van der Waals surface area contributed by atoms with E-state index >= 15 is 0 Å². The lowest BCUT2D eigenvalue weighted by Crippen LogP contribution is -2.60. The molecule has 1 heterocycles. The van der Waals surface area contributed by atoms with Crippen molar-refractivity contribution in [3.63, 3.8) is 0 Å². The SMILES string of the molecule is COC(=O)[C@@H]1CN[C@@H](C(=O)OC)CN1. The predicted octanol–water partition coefficient (Wildman–Crippen LogP) is -1.74. The molecule has 0 aromatic rings. The third-order valence-corrected chi connectivity index (χ3v) is 2.11. The fourth-order valence-corrected chi connectivity index (χ4v) is 1.28. The van der Waals surface area contributed by atoms with Gasteiger partial charge in [-0.2, -0.15) is 0 Å². The highest BCUT2D eigenvalue weighted by Crippen LogP contribution is 1.97. The molecule has 0 bridgehead atoms. The average Bonchev–Trinajstić information content (AvgIpc) is 2.27. The summed E-state index contributed by atoms with van der Waals surface area (Å²) in [4.78, 5) is 22.1. The molecule has 0 aromatic carbocycles. The number of methoxy groups -OCH3 is 2. The van der Waals surface area contributed by atoms with Gasteiger partial charge in [0.15, 0.2) is 0 Å². The summed E-state index contributed by atoms with van der Waals surface area (Å²) in [5, 5.41) is 5.79. The van der Waals surface area contributed by atoms with Crippen LogP contribution in [0, 0.1) is 0 Å². The maximum atomic E-state index is 11.1. The molecule has 0 radical (unpaired) electrons. The Labute approximate surface area is 81.9 Å². The van der Waals surface area contributed by atoms with Crippen LogP contribution in [-0.2, 0) is 19.1 Å². The van der Waals surface area contributed by atoms with E-state index in [1.54, 1.807) is 0 Å². The Morgan fingerprint density at radius 2 is 1.36 bits per heavy atom. The van der Waals surface area contributed by atoms with E-state index in [9.17, 15) is 9.59 Å². The molecule has 80 valence electrons. The Morgan fingerprint density at radius 1 is 1.00 bits per heavy atom. The number of hydrogen-bond donors (Lipinski definition) is 2. The van der Waals surface area contributed by atoms with E-state index in [1.807, 2.05) is 0 Å². The second-order valence-corrected chi connectivity index (χ2v) is 2.97. The molecule has 1 aliphatic rings. The van der Waals surface area contributed by atoms with Gasteiger partial charge in [0, 0.05) is 13.1 Å². The molecule has 1 rings (SSSR count). The van der Waals surface area contributed by atoms with E-state index in [1.165, 1.54) is 14.2 Å². The maximum Gasteiger partial charge on any atom is 0.324 e. The minimum Gasteiger partial charge on any atom is -0.468 e. The zero-order valence-electron chi connectivity index (χ0n) is 8.20. The van der Waals surface area contributed by atoms with Crippen LogP contribution in [0.4, 0.5) is 0 Å². The Hall–Kier alpha value is -1.14. The van der Waals surface area contributed by atoms with Crippen molar-refractivity contribution < 1.29 is 19.1 Å². The minimum atomic E-state index is -0.388. The highest BCUT2D eigenvalue weighted by Gasteiger charge is 2.29. The molecule has 0 saturated carbocycles. The molecule has 2 N–H and O–H groups in total. The highest BCUT2D eigenvalue weighted by molar-refractivity contribution is 5.79. The molecule has 0 aromatic heterocycles. The summed E-state index contributed by atoms with van der Waals surface area (Å²) in [5.74, 6) is -0.665. The predicted molar refractivity (Wildman–Crippen MR) is 47.6 cm³/mol. The first-order chi connectivity index (χ1) is 6.69. The number of rotatable bonds is 2. The van der Waals surface area contributed by atoms with Crippen molar-refractivity contribution in [2.75, 3.05) is 27.3 Å². The number of nitrogens with one attached hydrogen (secondary N) is 2. The smallest absolute Gasteiger partial charge is 0.324 e. The summed E-state index contributed by atoms with van der Waals surface area (Å²) >= 11 is 0. The van der Waals surface area contributed by atoms with Crippen LogP contribution < -0.4 is 10.6 Å². The van der Waals surface area contributed by atoms with E-state index in [0.29, 0.717) is 13.1 Å². The van der Waals surface area contributed by atoms with Gasteiger partial charge in [0.05, 0.1) is 14.2 Å². The molecule has 0 spiro atoms. The van der Waals surface area contributed by atoms with Gasteiger partial charge in [-0.3, -0.25) is 9.59 Å². The normalized spacial score (nSPS) is 26.7. The van der Waals surface area contributed by atoms with Crippen molar-refractivity contribution in [1.82, 2.24) is 10.6 Å². The number of ether oxygens (including phenoxy) is 2. The van der Waals surface area contributed by atoms with E-state index < -0.39 is 0 Å². The number of piperazine rings is 1. The largest absolute Gasteiger partial charge is 0.468 e. The van der Waals surface area contributed by atoms with Gasteiger partial charge in [0.25, 0.3) is 0 Å². The van der Waals surface area contributed by atoms with Crippen molar-refractivity contribution in [3.05, 3.63) is 0 Å². The van der Waals surface area contributed by atoms with Crippen LogP contribution in [0.15, 0.2) is 0 Å². The molecule has 0 amide bonds. The van der Waals surface area contributed by atoms with Gasteiger partial charge in [-0.1, -0.05) is 0 Å². The molecule has 1 saturated heterocycles. The Balaban J connectivity index is 2.38. The lowest BCUT2D eigenvalue weighted by atomic mass is 10.1. The van der Waals surface area contributed by atoms with E-state index in [2.05, 4.69) is 20.1 Å². The molecule has 6 heteroatoms. The highest BCUT2D eigenvalue weighted by atomic mass is 16.5. The van der Waals surface area contributed by atoms with Gasteiger partial charge in [-0.25, -0.2) is 0 Å². The van der Waals surface area contributed by atoms with Gasteiger partial charge in [-0.05, 0) is 0 Å². The van der Waals surface area contributed by atoms with Gasteiger partial charge >= 0.3 is 11.9 Å². The Morgan fingerprint density at radius 3 is 1.57 bits per heavy atom. The minimum absolute atomic E-state index is 0.333. The molecule has 2 atom stereocenters. The molecular weight excluding hydrogens is 188 g/mol. The van der Waals surface area contributed by atoms with Crippen LogP contribution in [0.1, 0.15) is 0 Å². The number of esters is 2. The van der Waals surface area contributed by atoms with Gasteiger partial charge < -0.3 is 20.1 Å². The third-order valence-electron chi connectivity index (χ3n) is 2.11. The summed E-state index contributed by atoms with van der Waals surface area (Å²) in [6.07, 6.45) is 0. The van der Waals surface area contributed by atoms with Crippen LogP contribution in [-0.4, -0.2) is 51.3 Å². The number of carbonyl (C=O) groups excluding carboxylic acids is 2. The fraction of sp³-hybridized carbons (Fsp3) is 0.750. The molecule has 6 nitrogen and oxygen atoms in total. The second kappa shape index (κ2) is 4.92. The first kappa shape index (κ1) is 10.9. The maximum absolute atomic E-state index is 11.1. The summed E-state index contributed by atoms with van der Waals surface area (Å²) in [6.45, 7) is 0.735. The third kappa shape index (κ3) is 2.43. The first-order valence-electron chi connectivity index (χ1n) is 4.31. The lowest BCUT2D eigenvalue weighted by molar-refractivity contribution is -0.147. The summed E-state index contributed by atoms with van der Waals surface area (Å²) < 4.78 is 9.11. The van der Waals surface area contributed by atoms with Crippen LogP contribution in [0.2, 0.25) is 0 Å². The first-order valence-corrected chi connectivity index (χ1v) is 4.31. The zero-order chi connectivity index (χ0) is 10.6. The number of carbonyl (C=O) groups is 2. The topological polar surface area (TPSA) is 76.7 Å². The molecular formula is C8H14N2O4. The molecule has 14 heavy (non-hydrogen) atoms. The fourth-order valence-electron chi connectivity index (χ4n) is 1.28. The molecule has 0 aliphatic carbocycles. The van der Waals surface area contributed by atoms with Crippen LogP contribution >= 0.6 is 0 Å². The van der Waals surface area contributed by atoms with E-state index in [0.717, 1.165) is 0 Å². The molecule has 1 aliphatic heterocycles. The summed E-state index contributed by atoms with van der Waals surface area (Å²) in [6, 6.07) is -0.776. The monoisotopic (exact) mass is 202 g/mol. The second-order valence-electron chi connectivity index (χ2n) is 2.97. The van der Waals surface area contributed by atoms with Crippen molar-refractivity contribution >= 4 is 11.9 Å². The standard InChI is InChI=1S/C8H14N2O4/c1-13-7(11)5-3-10-6(4-9-5)8(12)14-2/h5-6,9-10H,3-4H2,1-2H3/t5-,6+. The van der Waals surface area contributed by atoms with Crippen LogP contribution in [0.25, 0.3) is 0 Å². The summed E-state index contributed by atoms with van der Waals surface area (Å²) in [5.41, 5.74) is 0. The quantitative estimate of drug-likeness (QED) is 0.518. The van der Waals surface area contributed by atoms with Crippen LogP contribution in [0.5, 0.6) is 0 Å². The molecule has 1 fully saturated rings. The lowest BCUT2D eigenvalue weighted by Gasteiger charge is -2.27. The van der Waals surface area contributed by atoms with Crippen molar-refractivity contribution in [2.24, 2.45) is 0 Å². The summed E-state index contributed by atoms with van der Waals surface area (Å²) in [7, 11) is 2.66. The van der Waals surface area contributed by atoms with E-state index in [4.69, 9.17) is 0 Å².